The molecule has 0 bridgehead atoms. The van der Waals surface area contributed by atoms with Gasteiger partial charge < -0.3 is 14.4 Å². The molecular formula is C13H16N2O3S. The number of carbonyl (C=O) groups excluding carboxylic acids is 1. The lowest BCUT2D eigenvalue weighted by atomic mass is 10.2. The molecule has 1 atom stereocenters. The fourth-order valence-electron chi connectivity index (χ4n) is 1.64. The van der Waals surface area contributed by atoms with Crippen molar-refractivity contribution in [2.75, 3.05) is 13.6 Å². The summed E-state index contributed by atoms with van der Waals surface area (Å²) in [6.45, 7) is 2.18. The quantitative estimate of drug-likeness (QED) is 0.912. The van der Waals surface area contributed by atoms with Crippen LogP contribution >= 0.6 is 11.3 Å². The van der Waals surface area contributed by atoms with Crippen molar-refractivity contribution >= 4 is 17.2 Å². The Morgan fingerprint density at radius 2 is 2.42 bits per heavy atom. The summed E-state index contributed by atoms with van der Waals surface area (Å²) in [5.74, 6) is 0.307. The number of hydrogen-bond donors (Lipinski definition) is 1. The maximum Gasteiger partial charge on any atom is 0.276 e. The second-order valence-electron chi connectivity index (χ2n) is 4.37. The van der Waals surface area contributed by atoms with Crippen LogP contribution in [0.3, 0.4) is 0 Å². The zero-order valence-electron chi connectivity index (χ0n) is 10.9. The molecule has 2 aromatic rings. The van der Waals surface area contributed by atoms with Crippen molar-refractivity contribution in [1.82, 2.24) is 9.88 Å². The van der Waals surface area contributed by atoms with E-state index in [1.165, 1.54) is 17.7 Å². The van der Waals surface area contributed by atoms with Gasteiger partial charge in [-0.1, -0.05) is 6.07 Å². The number of thiophene rings is 1. The molecule has 5 nitrogen and oxygen atoms in total. The predicted octanol–water partition coefficient (Wildman–Crippen LogP) is 2.25. The maximum atomic E-state index is 12.3. The number of aliphatic hydroxyl groups is 1. The Labute approximate surface area is 115 Å². The smallest absolute Gasteiger partial charge is 0.276 e. The first-order valence-corrected chi connectivity index (χ1v) is 6.88. The van der Waals surface area contributed by atoms with Crippen LogP contribution in [-0.4, -0.2) is 40.6 Å². The highest BCUT2D eigenvalue weighted by Crippen LogP contribution is 2.28. The van der Waals surface area contributed by atoms with Gasteiger partial charge in [-0.2, -0.15) is 0 Å². The van der Waals surface area contributed by atoms with E-state index < -0.39 is 6.10 Å². The van der Waals surface area contributed by atoms with Gasteiger partial charge in [-0.3, -0.25) is 4.79 Å². The van der Waals surface area contributed by atoms with Gasteiger partial charge in [0.05, 0.1) is 11.0 Å². The maximum absolute atomic E-state index is 12.3. The summed E-state index contributed by atoms with van der Waals surface area (Å²) in [5.41, 5.74) is 0.315. The van der Waals surface area contributed by atoms with E-state index in [4.69, 9.17) is 4.42 Å². The SMILES string of the molecule is CC(O)CCN(C)C(=O)c1ncoc1-c1cccs1. The molecule has 1 amide bonds. The summed E-state index contributed by atoms with van der Waals surface area (Å²) >= 11 is 1.50. The molecule has 1 N–H and O–H groups in total. The van der Waals surface area contributed by atoms with Crippen molar-refractivity contribution in [2.45, 2.75) is 19.4 Å². The number of carbonyl (C=O) groups is 1. The molecule has 0 aromatic carbocycles. The number of amides is 1. The highest BCUT2D eigenvalue weighted by atomic mass is 32.1. The number of oxazole rings is 1. The minimum Gasteiger partial charge on any atom is -0.442 e. The predicted molar refractivity (Wildman–Crippen MR) is 73.1 cm³/mol. The molecule has 19 heavy (non-hydrogen) atoms. The van der Waals surface area contributed by atoms with E-state index in [1.54, 1.807) is 18.9 Å². The molecule has 2 rings (SSSR count). The van der Waals surface area contributed by atoms with Crippen LogP contribution in [0.1, 0.15) is 23.8 Å². The molecule has 0 aliphatic heterocycles. The van der Waals surface area contributed by atoms with Gasteiger partial charge in [-0.15, -0.1) is 11.3 Å². The first-order chi connectivity index (χ1) is 9.09. The van der Waals surface area contributed by atoms with E-state index in [0.29, 0.717) is 24.4 Å². The number of rotatable bonds is 5. The summed E-state index contributed by atoms with van der Waals surface area (Å²) in [6, 6.07) is 3.78. The zero-order valence-corrected chi connectivity index (χ0v) is 11.7. The summed E-state index contributed by atoms with van der Waals surface area (Å²) < 4.78 is 5.31. The van der Waals surface area contributed by atoms with Crippen molar-refractivity contribution < 1.29 is 14.3 Å². The summed E-state index contributed by atoms with van der Waals surface area (Å²) in [6.07, 6.45) is 1.39. The molecule has 0 aliphatic carbocycles. The van der Waals surface area contributed by atoms with Crippen molar-refractivity contribution in [3.05, 3.63) is 29.6 Å². The third kappa shape index (κ3) is 3.21. The molecule has 0 spiro atoms. The summed E-state index contributed by atoms with van der Waals surface area (Å²) in [4.78, 5) is 18.7. The number of aliphatic hydroxyl groups excluding tert-OH is 1. The van der Waals surface area contributed by atoms with Crippen LogP contribution in [0.4, 0.5) is 0 Å². The lowest BCUT2D eigenvalue weighted by molar-refractivity contribution is 0.0764. The second kappa shape index (κ2) is 5.99. The second-order valence-corrected chi connectivity index (χ2v) is 5.32. The van der Waals surface area contributed by atoms with Crippen LogP contribution in [0.15, 0.2) is 28.3 Å². The van der Waals surface area contributed by atoms with E-state index in [2.05, 4.69) is 4.98 Å². The third-order valence-corrected chi connectivity index (χ3v) is 3.61. The number of nitrogens with zero attached hydrogens (tertiary/aromatic N) is 2. The van der Waals surface area contributed by atoms with Crippen LogP contribution in [0, 0.1) is 0 Å². The molecule has 1 unspecified atom stereocenters. The first kappa shape index (κ1) is 13.8. The summed E-state index contributed by atoms with van der Waals surface area (Å²) in [5, 5.41) is 11.2. The molecule has 2 heterocycles. The van der Waals surface area contributed by atoms with Crippen molar-refractivity contribution in [1.29, 1.82) is 0 Å². The van der Waals surface area contributed by atoms with Crippen LogP contribution in [0.25, 0.3) is 10.6 Å². The Morgan fingerprint density at radius 1 is 1.63 bits per heavy atom. The van der Waals surface area contributed by atoms with Gasteiger partial charge in [-0.25, -0.2) is 4.98 Å². The monoisotopic (exact) mass is 280 g/mol. The van der Waals surface area contributed by atoms with Crippen LogP contribution in [-0.2, 0) is 0 Å². The minimum atomic E-state index is -0.427. The lowest BCUT2D eigenvalue weighted by Gasteiger charge is -2.16. The van der Waals surface area contributed by atoms with Gasteiger partial charge in [0.15, 0.2) is 17.8 Å². The molecule has 102 valence electrons. The molecule has 6 heteroatoms. The van der Waals surface area contributed by atoms with Gasteiger partial charge in [0.2, 0.25) is 0 Å². The largest absolute Gasteiger partial charge is 0.442 e. The normalized spacial score (nSPS) is 12.4. The first-order valence-electron chi connectivity index (χ1n) is 6.00. The van der Waals surface area contributed by atoms with E-state index in [1.807, 2.05) is 17.5 Å². The van der Waals surface area contributed by atoms with Gasteiger partial charge in [0.25, 0.3) is 5.91 Å². The highest BCUT2D eigenvalue weighted by molar-refractivity contribution is 7.13. The Kier molecular flexibility index (Phi) is 4.34. The Bertz CT molecular complexity index is 534. The van der Waals surface area contributed by atoms with E-state index in [-0.39, 0.29) is 5.91 Å². The molecule has 0 saturated heterocycles. The Morgan fingerprint density at radius 3 is 3.05 bits per heavy atom. The number of aromatic nitrogens is 1. The molecule has 0 saturated carbocycles. The van der Waals surface area contributed by atoms with Gasteiger partial charge in [0, 0.05) is 13.6 Å². The van der Waals surface area contributed by atoms with Crippen molar-refractivity contribution in [3.8, 4) is 10.6 Å². The molecule has 0 aliphatic rings. The van der Waals surface area contributed by atoms with E-state index in [0.717, 1.165) is 4.88 Å². The summed E-state index contributed by atoms with van der Waals surface area (Å²) in [7, 11) is 1.69. The van der Waals surface area contributed by atoms with Gasteiger partial charge >= 0.3 is 0 Å². The molecule has 0 radical (unpaired) electrons. The van der Waals surface area contributed by atoms with E-state index in [9.17, 15) is 9.90 Å². The average Bonchev–Trinajstić information content (AvgIpc) is 3.03. The van der Waals surface area contributed by atoms with Crippen LogP contribution < -0.4 is 0 Å². The topological polar surface area (TPSA) is 66.6 Å². The average molecular weight is 280 g/mol. The van der Waals surface area contributed by atoms with Gasteiger partial charge in [0.1, 0.15) is 0 Å². The lowest BCUT2D eigenvalue weighted by Crippen LogP contribution is -2.30. The van der Waals surface area contributed by atoms with Crippen LogP contribution in [0.2, 0.25) is 0 Å². The molecule has 0 fully saturated rings. The van der Waals surface area contributed by atoms with E-state index >= 15 is 0 Å². The Hall–Kier alpha value is -1.66. The zero-order chi connectivity index (χ0) is 13.8. The molecular weight excluding hydrogens is 264 g/mol. The number of hydrogen-bond acceptors (Lipinski definition) is 5. The molecule has 2 aromatic heterocycles. The van der Waals surface area contributed by atoms with Crippen molar-refractivity contribution in [3.63, 3.8) is 0 Å². The fourth-order valence-corrected chi connectivity index (χ4v) is 2.36. The van der Waals surface area contributed by atoms with Crippen molar-refractivity contribution in [2.24, 2.45) is 0 Å². The highest BCUT2D eigenvalue weighted by Gasteiger charge is 2.22. The van der Waals surface area contributed by atoms with Gasteiger partial charge in [-0.05, 0) is 24.8 Å². The fraction of sp³-hybridized carbons (Fsp3) is 0.385. The van der Waals surface area contributed by atoms with Crippen LogP contribution in [0.5, 0.6) is 0 Å². The third-order valence-electron chi connectivity index (χ3n) is 2.74. The Balaban J connectivity index is 2.14. The minimum absolute atomic E-state index is 0.196. The standard InChI is InChI=1S/C13H16N2O3S/c1-9(16)5-6-15(2)13(17)11-12(18-8-14-11)10-4-3-7-19-10/h3-4,7-9,16H,5-6H2,1-2H3.